The molecular formula is C22H26FNO4. The summed E-state index contributed by atoms with van der Waals surface area (Å²) < 4.78 is 29.8. The van der Waals surface area contributed by atoms with Crippen LogP contribution in [0.15, 0.2) is 48.7 Å². The summed E-state index contributed by atoms with van der Waals surface area (Å²) in [6, 6.07) is 12.0. The highest BCUT2D eigenvalue weighted by molar-refractivity contribution is 6.16. The molecule has 6 heteroatoms. The molecule has 0 spiro atoms. The number of hydrogen-bond donors (Lipinski definition) is 1. The fraction of sp³-hybridized carbons (Fsp3) is 0.318. The number of ether oxygens (including phenoxy) is 3. The molecule has 0 fully saturated rings. The smallest absolute Gasteiger partial charge is 0.341 e. The van der Waals surface area contributed by atoms with Crippen LogP contribution in [0, 0.1) is 11.7 Å². The Morgan fingerprint density at radius 3 is 2.57 bits per heavy atom. The highest BCUT2D eigenvalue weighted by Crippen LogP contribution is 2.25. The van der Waals surface area contributed by atoms with Gasteiger partial charge in [0, 0.05) is 18.3 Å². The van der Waals surface area contributed by atoms with Crippen molar-refractivity contribution in [2.75, 3.05) is 26.1 Å². The van der Waals surface area contributed by atoms with Gasteiger partial charge in [-0.1, -0.05) is 38.1 Å². The Balaban J connectivity index is 2.17. The van der Waals surface area contributed by atoms with Crippen LogP contribution in [0.3, 0.4) is 0 Å². The van der Waals surface area contributed by atoms with Gasteiger partial charge in [0.1, 0.15) is 12.2 Å². The van der Waals surface area contributed by atoms with Gasteiger partial charge in [0.2, 0.25) is 0 Å². The normalized spacial score (nSPS) is 11.3. The summed E-state index contributed by atoms with van der Waals surface area (Å²) in [5.41, 5.74) is 2.28. The lowest BCUT2D eigenvalue weighted by atomic mass is 10.0. The maximum Gasteiger partial charge on any atom is 0.341 e. The molecule has 0 bridgehead atoms. The number of methoxy groups -OCH3 is 2. The molecule has 5 nitrogen and oxygen atoms in total. The number of nitrogens with one attached hydrogen (secondary N) is 1. The molecule has 0 aliphatic carbocycles. The molecule has 2 aromatic rings. The van der Waals surface area contributed by atoms with Crippen molar-refractivity contribution >= 4 is 17.2 Å². The van der Waals surface area contributed by atoms with E-state index in [4.69, 9.17) is 14.2 Å². The molecule has 0 heterocycles. The minimum atomic E-state index is -0.527. The maximum atomic E-state index is 14.4. The fourth-order valence-corrected chi connectivity index (χ4v) is 2.56. The first kappa shape index (κ1) is 21.3. The molecule has 0 saturated carbocycles. The van der Waals surface area contributed by atoms with E-state index in [-0.39, 0.29) is 17.9 Å². The summed E-state index contributed by atoms with van der Waals surface area (Å²) in [6.45, 7) is 5.01. The Bertz CT molecular complexity index is 833. The van der Waals surface area contributed by atoms with Crippen LogP contribution in [-0.4, -0.2) is 26.7 Å². The van der Waals surface area contributed by atoms with Gasteiger partial charge in [-0.05, 0) is 29.2 Å². The first-order chi connectivity index (χ1) is 13.5. The predicted molar refractivity (Wildman–Crippen MR) is 108 cm³/mol. The molecule has 0 aromatic heterocycles. The number of esters is 1. The molecule has 0 unspecified atom stereocenters. The van der Waals surface area contributed by atoms with E-state index in [2.05, 4.69) is 19.2 Å². The standard InChI is InChI=1S/C22H26FNO4/c1-15(2)12-24-17-9-10-21(20(23)11-17)28-13-16-7-5-6-8-18(16)19(14-26-3)22(25)27-4/h5-11,14-15,24H,12-13H2,1-4H3/b19-14-. The molecule has 2 aromatic carbocycles. The Morgan fingerprint density at radius 2 is 1.93 bits per heavy atom. The largest absolute Gasteiger partial charge is 0.503 e. The Labute approximate surface area is 165 Å². The second kappa shape index (κ2) is 10.3. The van der Waals surface area contributed by atoms with Crippen LogP contribution in [0.1, 0.15) is 25.0 Å². The van der Waals surface area contributed by atoms with Crippen molar-refractivity contribution < 1.29 is 23.4 Å². The number of hydrogen-bond acceptors (Lipinski definition) is 5. The van der Waals surface area contributed by atoms with E-state index >= 15 is 0 Å². The van der Waals surface area contributed by atoms with Crippen molar-refractivity contribution in [2.45, 2.75) is 20.5 Å². The molecule has 0 aliphatic rings. The van der Waals surface area contributed by atoms with Crippen molar-refractivity contribution in [2.24, 2.45) is 5.92 Å². The summed E-state index contributed by atoms with van der Waals surface area (Å²) in [7, 11) is 2.75. The Morgan fingerprint density at radius 1 is 1.18 bits per heavy atom. The highest BCUT2D eigenvalue weighted by Gasteiger charge is 2.17. The quantitative estimate of drug-likeness (QED) is 0.386. The van der Waals surface area contributed by atoms with Gasteiger partial charge in [-0.3, -0.25) is 0 Å². The number of benzene rings is 2. The van der Waals surface area contributed by atoms with Crippen molar-refractivity contribution in [1.82, 2.24) is 0 Å². The molecule has 0 amide bonds. The summed E-state index contributed by atoms with van der Waals surface area (Å²) >= 11 is 0. The van der Waals surface area contributed by atoms with Crippen molar-refractivity contribution in [1.29, 1.82) is 0 Å². The monoisotopic (exact) mass is 387 g/mol. The topological polar surface area (TPSA) is 56.8 Å². The fourth-order valence-electron chi connectivity index (χ4n) is 2.56. The third-order valence-electron chi connectivity index (χ3n) is 3.98. The van der Waals surface area contributed by atoms with E-state index < -0.39 is 11.8 Å². The first-order valence-corrected chi connectivity index (χ1v) is 9.02. The van der Waals surface area contributed by atoms with E-state index in [0.717, 1.165) is 6.54 Å². The van der Waals surface area contributed by atoms with Crippen LogP contribution in [0.4, 0.5) is 10.1 Å². The molecule has 28 heavy (non-hydrogen) atoms. The number of rotatable bonds is 9. The van der Waals surface area contributed by atoms with Gasteiger partial charge < -0.3 is 19.5 Å². The zero-order valence-electron chi connectivity index (χ0n) is 16.6. The van der Waals surface area contributed by atoms with E-state index in [1.165, 1.54) is 26.5 Å². The lowest BCUT2D eigenvalue weighted by Crippen LogP contribution is -2.09. The molecule has 0 atom stereocenters. The zero-order valence-corrected chi connectivity index (χ0v) is 16.6. The Kier molecular flexibility index (Phi) is 7.87. The van der Waals surface area contributed by atoms with Gasteiger partial charge >= 0.3 is 5.97 Å². The second-order valence-corrected chi connectivity index (χ2v) is 6.62. The van der Waals surface area contributed by atoms with E-state index in [1.807, 2.05) is 6.07 Å². The molecule has 2 rings (SSSR count). The van der Waals surface area contributed by atoms with E-state index in [9.17, 15) is 9.18 Å². The number of anilines is 1. The molecule has 150 valence electrons. The third-order valence-corrected chi connectivity index (χ3v) is 3.98. The van der Waals surface area contributed by atoms with Crippen LogP contribution in [0.2, 0.25) is 0 Å². The SMILES string of the molecule is CO/C=C(\C(=O)OC)c1ccccc1COc1ccc(NCC(C)C)cc1F. The van der Waals surface area contributed by atoms with Gasteiger partial charge in [-0.15, -0.1) is 0 Å². The molecule has 1 N–H and O–H groups in total. The van der Waals surface area contributed by atoms with Crippen LogP contribution < -0.4 is 10.1 Å². The van der Waals surface area contributed by atoms with Gasteiger partial charge in [-0.2, -0.15) is 0 Å². The number of carbonyl (C=O) groups excluding carboxylic acids is 1. The second-order valence-electron chi connectivity index (χ2n) is 6.62. The lowest BCUT2D eigenvalue weighted by molar-refractivity contribution is -0.133. The summed E-state index contributed by atoms with van der Waals surface area (Å²) in [4.78, 5) is 12.1. The molecule has 0 aliphatic heterocycles. The highest BCUT2D eigenvalue weighted by atomic mass is 19.1. The van der Waals surface area contributed by atoms with Crippen LogP contribution in [0.25, 0.3) is 5.57 Å². The van der Waals surface area contributed by atoms with E-state index in [1.54, 1.807) is 30.3 Å². The van der Waals surface area contributed by atoms with E-state index in [0.29, 0.717) is 22.7 Å². The summed E-state index contributed by atoms with van der Waals surface area (Å²) in [5.74, 6) is -0.382. The zero-order chi connectivity index (χ0) is 20.5. The van der Waals surface area contributed by atoms with Crippen molar-refractivity contribution in [3.05, 3.63) is 65.7 Å². The van der Waals surface area contributed by atoms with Crippen LogP contribution in [-0.2, 0) is 20.9 Å². The minimum Gasteiger partial charge on any atom is -0.503 e. The number of halogens is 1. The maximum absolute atomic E-state index is 14.4. The van der Waals surface area contributed by atoms with Crippen molar-refractivity contribution in [3.63, 3.8) is 0 Å². The molecule has 0 radical (unpaired) electrons. The first-order valence-electron chi connectivity index (χ1n) is 9.02. The van der Waals surface area contributed by atoms with Crippen LogP contribution >= 0.6 is 0 Å². The molecule has 0 saturated heterocycles. The summed E-state index contributed by atoms with van der Waals surface area (Å²) in [5, 5.41) is 3.17. The predicted octanol–water partition coefficient (Wildman–Crippen LogP) is 4.63. The van der Waals surface area contributed by atoms with Gasteiger partial charge in [-0.25, -0.2) is 9.18 Å². The van der Waals surface area contributed by atoms with Crippen molar-refractivity contribution in [3.8, 4) is 5.75 Å². The Hall–Kier alpha value is -3.02. The van der Waals surface area contributed by atoms with Gasteiger partial charge in [0.25, 0.3) is 0 Å². The summed E-state index contributed by atoms with van der Waals surface area (Å²) in [6.07, 6.45) is 1.32. The lowest BCUT2D eigenvalue weighted by Gasteiger charge is -2.14. The number of carbonyl (C=O) groups is 1. The van der Waals surface area contributed by atoms with Crippen LogP contribution in [0.5, 0.6) is 5.75 Å². The van der Waals surface area contributed by atoms with Gasteiger partial charge in [0.05, 0.1) is 20.5 Å². The average Bonchev–Trinajstić information content (AvgIpc) is 2.69. The average molecular weight is 387 g/mol. The molecular weight excluding hydrogens is 361 g/mol. The minimum absolute atomic E-state index is 0.0872. The van der Waals surface area contributed by atoms with Gasteiger partial charge in [0.15, 0.2) is 11.6 Å². The third kappa shape index (κ3) is 5.74.